The fraction of sp³-hybridized carbons (Fsp3) is 0.429. The van der Waals surface area contributed by atoms with Gasteiger partial charge in [-0.3, -0.25) is 4.68 Å². The first kappa shape index (κ1) is 30.2. The van der Waals surface area contributed by atoms with Crippen molar-refractivity contribution in [1.82, 2.24) is 19.4 Å². The predicted molar refractivity (Wildman–Crippen MR) is 150 cm³/mol. The monoisotopic (exact) mass is 588 g/mol. The molecule has 0 saturated carbocycles. The third-order valence-corrected chi connectivity index (χ3v) is 8.28. The molecule has 1 amide bonds. The minimum atomic E-state index is -4.04. The van der Waals surface area contributed by atoms with E-state index in [4.69, 9.17) is 14.2 Å². The molecule has 1 aliphatic rings. The molecule has 2 aromatic carbocycles. The number of aliphatic hydroxyl groups excluding tert-OH is 1. The van der Waals surface area contributed by atoms with Gasteiger partial charge in [0.2, 0.25) is 16.8 Å². The molecule has 1 aliphatic heterocycles. The van der Waals surface area contributed by atoms with E-state index in [1.54, 1.807) is 30.5 Å². The van der Waals surface area contributed by atoms with Crippen LogP contribution in [-0.2, 0) is 23.0 Å². The number of sulfonamides is 1. The average Bonchev–Trinajstić information content (AvgIpc) is 3.62. The highest BCUT2D eigenvalue weighted by molar-refractivity contribution is 7.89. The molecule has 0 fully saturated rings. The summed E-state index contributed by atoms with van der Waals surface area (Å²) in [6, 6.07) is 12.4. The number of hydrogen-bond donors (Lipinski definition) is 3. The summed E-state index contributed by atoms with van der Waals surface area (Å²) in [5.41, 5.74) is 0.751. The minimum Gasteiger partial charge on any atom is -0.494 e. The van der Waals surface area contributed by atoms with Crippen molar-refractivity contribution < 1.29 is 37.6 Å². The molecule has 0 aliphatic carbocycles. The zero-order chi connectivity index (χ0) is 29.4. The molecular weight excluding hydrogens is 552 g/mol. The highest BCUT2D eigenvalue weighted by Gasteiger charge is 2.32. The number of aliphatic hydroxyl groups is 1. The zero-order valence-electron chi connectivity index (χ0n) is 23.0. The fourth-order valence-electron chi connectivity index (χ4n) is 4.47. The third kappa shape index (κ3) is 8.35. The Balaban J connectivity index is 1.41. The Morgan fingerprint density at radius 2 is 1.90 bits per heavy atom. The van der Waals surface area contributed by atoms with E-state index in [1.165, 1.54) is 22.5 Å². The van der Waals surface area contributed by atoms with Crippen LogP contribution in [0.5, 0.6) is 17.2 Å². The molecule has 2 heterocycles. The van der Waals surface area contributed by atoms with Gasteiger partial charge in [0.05, 0.1) is 23.6 Å². The molecule has 3 aromatic rings. The molecule has 12 nitrogen and oxygen atoms in total. The van der Waals surface area contributed by atoms with E-state index in [0.29, 0.717) is 23.9 Å². The average molecular weight is 589 g/mol. The number of nitrogens with one attached hydrogen (secondary N) is 1. The highest BCUT2D eigenvalue weighted by atomic mass is 32.2. The van der Waals surface area contributed by atoms with E-state index in [-0.39, 0.29) is 37.1 Å². The van der Waals surface area contributed by atoms with Crippen molar-refractivity contribution in [3.8, 4) is 17.2 Å². The van der Waals surface area contributed by atoms with Crippen LogP contribution in [-0.4, -0.2) is 77.4 Å². The van der Waals surface area contributed by atoms with Crippen LogP contribution in [0.1, 0.15) is 25.8 Å². The summed E-state index contributed by atoms with van der Waals surface area (Å²) < 4.78 is 46.6. The summed E-state index contributed by atoms with van der Waals surface area (Å²) in [5.74, 6) is 1.39. The van der Waals surface area contributed by atoms with Crippen LogP contribution in [0.4, 0.5) is 4.79 Å². The normalized spacial score (nSPS) is 14.3. The molecule has 0 unspecified atom stereocenters. The lowest BCUT2D eigenvalue weighted by atomic mass is 10.0. The quantitative estimate of drug-likeness (QED) is 0.228. The first-order valence-corrected chi connectivity index (χ1v) is 14.8. The Morgan fingerprint density at radius 1 is 1.15 bits per heavy atom. The van der Waals surface area contributed by atoms with E-state index >= 15 is 0 Å². The topological polar surface area (TPSA) is 152 Å². The molecule has 0 radical (unpaired) electrons. The van der Waals surface area contributed by atoms with Gasteiger partial charge in [-0.25, -0.2) is 13.2 Å². The second-order valence-corrected chi connectivity index (χ2v) is 12.1. The van der Waals surface area contributed by atoms with Gasteiger partial charge in [-0.15, -0.1) is 0 Å². The Labute approximate surface area is 239 Å². The van der Waals surface area contributed by atoms with Crippen LogP contribution in [0.2, 0.25) is 0 Å². The molecule has 222 valence electrons. The summed E-state index contributed by atoms with van der Waals surface area (Å²) in [4.78, 5) is 11.6. The summed E-state index contributed by atoms with van der Waals surface area (Å²) in [6.07, 6.45) is 1.89. The number of fused-ring (bicyclic) bond motifs is 1. The van der Waals surface area contributed by atoms with Crippen molar-refractivity contribution in [1.29, 1.82) is 0 Å². The minimum absolute atomic E-state index is 0.00226. The van der Waals surface area contributed by atoms with Gasteiger partial charge in [0.25, 0.3) is 0 Å². The largest absolute Gasteiger partial charge is 0.494 e. The van der Waals surface area contributed by atoms with E-state index < -0.39 is 28.3 Å². The van der Waals surface area contributed by atoms with Crippen molar-refractivity contribution in [2.45, 2.75) is 50.3 Å². The Kier molecular flexibility index (Phi) is 10.1. The lowest BCUT2D eigenvalue weighted by Gasteiger charge is -2.30. The van der Waals surface area contributed by atoms with Gasteiger partial charge in [-0.2, -0.15) is 9.40 Å². The maximum absolute atomic E-state index is 13.6. The maximum Gasteiger partial charge on any atom is 0.404 e. The van der Waals surface area contributed by atoms with Crippen molar-refractivity contribution in [3.63, 3.8) is 0 Å². The second-order valence-electron chi connectivity index (χ2n) is 10.2. The van der Waals surface area contributed by atoms with Gasteiger partial charge in [-0.1, -0.05) is 26.0 Å². The van der Waals surface area contributed by atoms with Gasteiger partial charge in [0.15, 0.2) is 11.5 Å². The van der Waals surface area contributed by atoms with Crippen molar-refractivity contribution in [2.75, 3.05) is 26.5 Å². The SMILES string of the molecule is CC(C)CN(C[C@@H](O)[C@H](Cc1ccc(OCCCn2cccn2)cc1)NC(=O)O)S(=O)(=O)c1ccc2c(c1)OCO2. The fourth-order valence-corrected chi connectivity index (χ4v) is 6.10. The molecule has 0 spiro atoms. The van der Waals surface area contributed by atoms with Crippen LogP contribution in [0, 0.1) is 5.92 Å². The number of hydrogen-bond acceptors (Lipinski definition) is 8. The number of aryl methyl sites for hydroxylation is 1. The van der Waals surface area contributed by atoms with Gasteiger partial charge >= 0.3 is 6.09 Å². The van der Waals surface area contributed by atoms with Crippen molar-refractivity contribution in [3.05, 3.63) is 66.5 Å². The summed E-state index contributed by atoms with van der Waals surface area (Å²) in [7, 11) is -4.04. The zero-order valence-corrected chi connectivity index (χ0v) is 23.9. The smallest absolute Gasteiger partial charge is 0.404 e. The molecular formula is C28H36N4O8S. The molecule has 0 bridgehead atoms. The maximum atomic E-state index is 13.6. The first-order chi connectivity index (χ1) is 19.6. The van der Waals surface area contributed by atoms with E-state index in [2.05, 4.69) is 10.4 Å². The van der Waals surface area contributed by atoms with Gasteiger partial charge in [0, 0.05) is 44.5 Å². The molecule has 2 atom stereocenters. The number of aromatic nitrogens is 2. The lowest BCUT2D eigenvalue weighted by Crippen LogP contribution is -2.50. The predicted octanol–water partition coefficient (Wildman–Crippen LogP) is 2.97. The second kappa shape index (κ2) is 13.7. The van der Waals surface area contributed by atoms with Gasteiger partial charge in [0.1, 0.15) is 5.75 Å². The number of carbonyl (C=O) groups is 1. The Morgan fingerprint density at radius 3 is 2.59 bits per heavy atom. The number of nitrogens with zero attached hydrogens (tertiary/aromatic N) is 3. The van der Waals surface area contributed by atoms with Crippen molar-refractivity contribution in [2.24, 2.45) is 5.92 Å². The number of ether oxygens (including phenoxy) is 3. The van der Waals surface area contributed by atoms with Crippen LogP contribution in [0.15, 0.2) is 65.8 Å². The lowest BCUT2D eigenvalue weighted by molar-refractivity contribution is 0.0980. The molecule has 3 N–H and O–H groups in total. The highest BCUT2D eigenvalue weighted by Crippen LogP contribution is 2.35. The molecule has 41 heavy (non-hydrogen) atoms. The van der Waals surface area contributed by atoms with Crippen LogP contribution >= 0.6 is 0 Å². The molecule has 13 heteroatoms. The Bertz CT molecular complexity index is 1380. The summed E-state index contributed by atoms with van der Waals surface area (Å²) in [6.45, 7) is 4.80. The van der Waals surface area contributed by atoms with Crippen LogP contribution in [0.3, 0.4) is 0 Å². The number of benzene rings is 2. The van der Waals surface area contributed by atoms with E-state index in [0.717, 1.165) is 18.5 Å². The van der Waals surface area contributed by atoms with E-state index in [9.17, 15) is 23.4 Å². The Hall–Kier alpha value is -3.81. The number of rotatable bonds is 15. The first-order valence-electron chi connectivity index (χ1n) is 13.4. The van der Waals surface area contributed by atoms with Crippen LogP contribution in [0.25, 0.3) is 0 Å². The van der Waals surface area contributed by atoms with Gasteiger partial charge in [-0.05, 0) is 48.2 Å². The van der Waals surface area contributed by atoms with Crippen LogP contribution < -0.4 is 19.5 Å². The van der Waals surface area contributed by atoms with E-state index in [1.807, 2.05) is 30.8 Å². The molecule has 1 aromatic heterocycles. The van der Waals surface area contributed by atoms with Crippen molar-refractivity contribution >= 4 is 16.1 Å². The number of amides is 1. The van der Waals surface area contributed by atoms with Gasteiger partial charge < -0.3 is 29.7 Å². The summed E-state index contributed by atoms with van der Waals surface area (Å²) in [5, 5.41) is 27.1. The molecule has 4 rings (SSSR count). The summed E-state index contributed by atoms with van der Waals surface area (Å²) >= 11 is 0. The standard InChI is InChI=1S/C28H36N4O8S/c1-20(2)17-32(41(36,37)23-9-10-26-27(16-23)40-19-39-26)18-25(33)24(30-28(34)35)15-21-5-7-22(8-6-21)38-14-4-13-31-12-3-11-29-31/h3,5-12,16,20,24-25,30,33H,4,13-15,17-19H2,1-2H3,(H,34,35)/t24-,25+/m0/s1. The third-order valence-electron chi connectivity index (χ3n) is 6.45. The molecule has 0 saturated heterocycles. The number of carboxylic acid groups (broad SMARTS) is 1.